The summed E-state index contributed by atoms with van der Waals surface area (Å²) in [5.41, 5.74) is 16.7. The van der Waals surface area contributed by atoms with Gasteiger partial charge in [-0.3, -0.25) is 0 Å². The highest BCUT2D eigenvalue weighted by molar-refractivity contribution is 5.94. The van der Waals surface area contributed by atoms with Crippen LogP contribution in [0.1, 0.15) is 89.7 Å². The Morgan fingerprint density at radius 2 is 0.574 bits per heavy atom. The second kappa shape index (κ2) is 10.8. The fourth-order valence-electron chi connectivity index (χ4n) is 10.7. The number of benzene rings is 8. The van der Waals surface area contributed by atoms with Gasteiger partial charge in [-0.15, -0.1) is 0 Å². The Labute approximate surface area is 315 Å². The molecule has 0 unspecified atom stereocenters. The van der Waals surface area contributed by atoms with Crippen molar-refractivity contribution in [2.75, 3.05) is 0 Å². The molecule has 8 aromatic carbocycles. The normalized spacial score (nSPS) is 21.2. The predicted molar refractivity (Wildman–Crippen MR) is 218 cm³/mol. The number of rotatable bonds is 0. The summed E-state index contributed by atoms with van der Waals surface area (Å²) in [6, 6.07) is 66.8. The largest absolute Gasteiger partial charge is 0.107 e. The van der Waals surface area contributed by atoms with E-state index in [1.54, 1.807) is 0 Å². The maximum Gasteiger partial charge on any atom is 0.107 e. The molecule has 0 nitrogen and oxygen atoms in total. The molecule has 14 rings (SSSR count). The number of hydrogen-bond donors (Lipinski definition) is 0. The molecule has 0 amide bonds. The van der Waals surface area contributed by atoms with E-state index in [2.05, 4.69) is 206 Å². The van der Waals surface area contributed by atoms with E-state index in [-0.39, 0.29) is 11.8 Å². The van der Waals surface area contributed by atoms with Crippen molar-refractivity contribution in [2.24, 2.45) is 0 Å². The van der Waals surface area contributed by atoms with Crippen LogP contribution in [0.25, 0.3) is 10.8 Å². The van der Waals surface area contributed by atoms with Crippen LogP contribution in [-0.4, -0.2) is 0 Å². The molecule has 0 atom stereocenters. The van der Waals surface area contributed by atoms with Crippen LogP contribution in [0.4, 0.5) is 0 Å². The lowest BCUT2D eigenvalue weighted by molar-refractivity contribution is 0.666. The molecule has 0 spiro atoms. The van der Waals surface area contributed by atoms with Gasteiger partial charge in [-0.25, -0.2) is 0 Å². The molecule has 0 heteroatoms. The van der Waals surface area contributed by atoms with Gasteiger partial charge in [0.15, 0.2) is 0 Å². The van der Waals surface area contributed by atoms with Gasteiger partial charge in [-0.2, -0.15) is 0 Å². The van der Waals surface area contributed by atoms with Crippen LogP contribution in [0.5, 0.6) is 0 Å². The maximum atomic E-state index is 4.00. The third kappa shape index (κ3) is 3.65. The third-order valence-corrected chi connectivity index (χ3v) is 12.7. The summed E-state index contributed by atoms with van der Waals surface area (Å²) >= 11 is 0. The molecule has 0 radical (unpaired) electrons. The Hall–Kier alpha value is -6.86. The smallest absolute Gasteiger partial charge is 0.0764 e. The van der Waals surface area contributed by atoms with E-state index in [0.717, 1.165) is 21.9 Å². The monoisotopic (exact) mass is 680 g/mol. The molecule has 0 heterocycles. The van der Waals surface area contributed by atoms with Crippen LogP contribution in [-0.2, 0) is 10.8 Å². The standard InChI is InChI=1S/C54H32/c1-7-25-44-38(19-1)51-39-20-2-8-26-45(39)53(44,46-27-9-3-21-40(46)51)33-31-36-17-13-15-35-16-14-18-37(50(35)36)32-34-54-47-28-10-4-22-41(47)52(42-23-5-11-29-48(42)54)43-24-6-12-30-49(43)54/h1-30,51-52H. The van der Waals surface area contributed by atoms with Crippen molar-refractivity contribution in [3.8, 4) is 23.7 Å². The Balaban J connectivity index is 1.11. The molecule has 0 aromatic heterocycles. The van der Waals surface area contributed by atoms with Gasteiger partial charge in [0.25, 0.3) is 0 Å². The zero-order chi connectivity index (χ0) is 35.4. The Kier molecular flexibility index (Phi) is 5.96. The molecular formula is C54H32. The van der Waals surface area contributed by atoms with Crippen LogP contribution < -0.4 is 0 Å². The molecule has 0 saturated carbocycles. The first-order valence-corrected chi connectivity index (χ1v) is 18.9. The van der Waals surface area contributed by atoms with Gasteiger partial charge in [0.05, 0.1) is 0 Å². The molecule has 6 aliphatic carbocycles. The van der Waals surface area contributed by atoms with Crippen LogP contribution in [0.2, 0.25) is 0 Å². The second-order valence-electron chi connectivity index (χ2n) is 15.1. The average molecular weight is 681 g/mol. The first-order chi connectivity index (χ1) is 26.8. The summed E-state index contributed by atoms with van der Waals surface area (Å²) in [7, 11) is 0. The summed E-state index contributed by atoms with van der Waals surface area (Å²) in [4.78, 5) is 0. The van der Waals surface area contributed by atoms with E-state index in [0.29, 0.717) is 0 Å². The first-order valence-electron chi connectivity index (χ1n) is 18.9. The number of hydrogen-bond acceptors (Lipinski definition) is 0. The van der Waals surface area contributed by atoms with E-state index < -0.39 is 10.8 Å². The van der Waals surface area contributed by atoms with Crippen LogP contribution in [0, 0.1) is 23.7 Å². The van der Waals surface area contributed by atoms with Gasteiger partial charge in [0.1, 0.15) is 10.8 Å². The van der Waals surface area contributed by atoms with E-state index >= 15 is 0 Å². The van der Waals surface area contributed by atoms with Crippen LogP contribution in [0.3, 0.4) is 0 Å². The minimum absolute atomic E-state index is 0.214. The highest BCUT2D eigenvalue weighted by atomic mass is 14.5. The topological polar surface area (TPSA) is 0 Å². The lowest BCUT2D eigenvalue weighted by Gasteiger charge is -2.48. The average Bonchev–Trinajstić information content (AvgIpc) is 3.25. The fraction of sp³-hybridized carbons (Fsp3) is 0.0741. The third-order valence-electron chi connectivity index (χ3n) is 12.7. The summed E-state index contributed by atoms with van der Waals surface area (Å²) in [5.74, 6) is 16.1. The maximum absolute atomic E-state index is 4.00. The summed E-state index contributed by atoms with van der Waals surface area (Å²) in [5, 5.41) is 2.25. The highest BCUT2D eigenvalue weighted by Gasteiger charge is 2.52. The van der Waals surface area contributed by atoms with Gasteiger partial charge in [-0.05, 0) is 84.3 Å². The summed E-state index contributed by atoms with van der Waals surface area (Å²) < 4.78 is 0. The van der Waals surface area contributed by atoms with Gasteiger partial charge in [0, 0.05) is 28.3 Å². The molecule has 54 heavy (non-hydrogen) atoms. The number of fused-ring (bicyclic) bond motifs is 1. The van der Waals surface area contributed by atoms with Gasteiger partial charge in [0.2, 0.25) is 0 Å². The fourth-order valence-corrected chi connectivity index (χ4v) is 10.7. The predicted octanol–water partition coefficient (Wildman–Crippen LogP) is 11.2. The van der Waals surface area contributed by atoms with Crippen molar-refractivity contribution in [1.82, 2.24) is 0 Å². The zero-order valence-electron chi connectivity index (χ0n) is 29.5. The lowest BCUT2D eigenvalue weighted by Crippen LogP contribution is -2.41. The molecule has 6 aliphatic rings. The Morgan fingerprint density at radius 1 is 0.296 bits per heavy atom. The van der Waals surface area contributed by atoms with Gasteiger partial charge in [-0.1, -0.05) is 194 Å². The van der Waals surface area contributed by atoms with E-state index in [1.165, 1.54) is 66.8 Å². The molecular weight excluding hydrogens is 649 g/mol. The van der Waals surface area contributed by atoms with Crippen molar-refractivity contribution in [1.29, 1.82) is 0 Å². The molecule has 4 bridgehead atoms. The lowest BCUT2D eigenvalue weighted by atomic mass is 9.53. The Bertz CT molecular complexity index is 2610. The molecule has 0 saturated heterocycles. The van der Waals surface area contributed by atoms with E-state index in [9.17, 15) is 0 Å². The quantitative estimate of drug-likeness (QED) is 0.140. The summed E-state index contributed by atoms with van der Waals surface area (Å²) in [6.45, 7) is 0. The van der Waals surface area contributed by atoms with Crippen molar-refractivity contribution >= 4 is 10.8 Å². The minimum Gasteiger partial charge on any atom is -0.0764 e. The van der Waals surface area contributed by atoms with Gasteiger partial charge >= 0.3 is 0 Å². The summed E-state index contributed by atoms with van der Waals surface area (Å²) in [6.07, 6.45) is 0. The zero-order valence-corrected chi connectivity index (χ0v) is 29.5. The second-order valence-corrected chi connectivity index (χ2v) is 15.1. The molecule has 248 valence electrons. The molecule has 0 fully saturated rings. The molecule has 0 aliphatic heterocycles. The molecule has 8 aromatic rings. The van der Waals surface area contributed by atoms with E-state index in [4.69, 9.17) is 0 Å². The SMILES string of the molecule is C(#CC12c3ccccc3C(c3ccccc31)c1ccccc12)c1cccc2cccc(C#CC34c5ccccc5C(c5ccccc53)c3ccccc34)c12. The Morgan fingerprint density at radius 3 is 0.870 bits per heavy atom. The first kappa shape index (κ1) is 29.7. The van der Waals surface area contributed by atoms with Crippen molar-refractivity contribution < 1.29 is 0 Å². The van der Waals surface area contributed by atoms with Crippen molar-refractivity contribution in [2.45, 2.75) is 22.7 Å². The van der Waals surface area contributed by atoms with Crippen LogP contribution >= 0.6 is 0 Å². The molecule has 0 N–H and O–H groups in total. The minimum atomic E-state index is -0.585. The van der Waals surface area contributed by atoms with Crippen LogP contribution in [0.15, 0.2) is 182 Å². The van der Waals surface area contributed by atoms with Crippen molar-refractivity contribution in [3.05, 3.63) is 260 Å². The van der Waals surface area contributed by atoms with Gasteiger partial charge < -0.3 is 0 Å². The van der Waals surface area contributed by atoms with E-state index in [1.807, 2.05) is 0 Å². The van der Waals surface area contributed by atoms with Crippen molar-refractivity contribution in [3.63, 3.8) is 0 Å². The highest BCUT2D eigenvalue weighted by Crippen LogP contribution is 2.60.